The molecule has 0 saturated carbocycles. The average molecular weight is 220 g/mol. The van der Waals surface area contributed by atoms with Gasteiger partial charge in [0.05, 0.1) is 17.4 Å². The summed E-state index contributed by atoms with van der Waals surface area (Å²) in [5.41, 5.74) is 12.7. The Balaban J connectivity index is 2.87. The standard InChI is InChI=1S/C11H16N4O/c1-7(2)3-4-14-11-9(10(13)16)5-8(12)6-15-11/h3,5-6H,4,12H2,1-2H3,(H2,13,16)(H,14,15). The maximum absolute atomic E-state index is 11.1. The van der Waals surface area contributed by atoms with Crippen LogP contribution in [0.4, 0.5) is 11.5 Å². The second-order valence-corrected chi connectivity index (χ2v) is 3.69. The van der Waals surface area contributed by atoms with Crippen molar-refractivity contribution >= 4 is 17.4 Å². The number of anilines is 2. The van der Waals surface area contributed by atoms with Crippen LogP contribution >= 0.6 is 0 Å². The van der Waals surface area contributed by atoms with E-state index < -0.39 is 5.91 Å². The first kappa shape index (κ1) is 12.0. The fourth-order valence-electron chi connectivity index (χ4n) is 1.16. The Bertz CT molecular complexity index is 422. The van der Waals surface area contributed by atoms with Crippen molar-refractivity contribution in [3.63, 3.8) is 0 Å². The van der Waals surface area contributed by atoms with Crippen molar-refractivity contribution in [3.8, 4) is 0 Å². The van der Waals surface area contributed by atoms with Gasteiger partial charge in [-0.2, -0.15) is 0 Å². The van der Waals surface area contributed by atoms with Crippen LogP contribution in [0.1, 0.15) is 24.2 Å². The van der Waals surface area contributed by atoms with Crippen molar-refractivity contribution in [1.29, 1.82) is 0 Å². The molecule has 1 aromatic heterocycles. The highest BCUT2D eigenvalue weighted by molar-refractivity contribution is 5.98. The Hall–Kier alpha value is -2.04. The van der Waals surface area contributed by atoms with Gasteiger partial charge in [0, 0.05) is 6.54 Å². The summed E-state index contributed by atoms with van der Waals surface area (Å²) < 4.78 is 0. The number of nitrogens with one attached hydrogen (secondary N) is 1. The molecule has 1 aromatic rings. The highest BCUT2D eigenvalue weighted by Crippen LogP contribution is 2.14. The molecule has 0 aliphatic carbocycles. The molecule has 5 nitrogen and oxygen atoms in total. The lowest BCUT2D eigenvalue weighted by atomic mass is 10.2. The van der Waals surface area contributed by atoms with Crippen LogP contribution in [0.25, 0.3) is 0 Å². The number of pyridine rings is 1. The van der Waals surface area contributed by atoms with Gasteiger partial charge >= 0.3 is 0 Å². The van der Waals surface area contributed by atoms with E-state index in [0.717, 1.165) is 0 Å². The maximum atomic E-state index is 11.1. The summed E-state index contributed by atoms with van der Waals surface area (Å²) in [6, 6.07) is 1.51. The van der Waals surface area contributed by atoms with E-state index in [9.17, 15) is 4.79 Å². The Kier molecular flexibility index (Phi) is 3.88. The zero-order chi connectivity index (χ0) is 12.1. The van der Waals surface area contributed by atoms with Gasteiger partial charge in [0.2, 0.25) is 0 Å². The average Bonchev–Trinajstić information content (AvgIpc) is 2.19. The lowest BCUT2D eigenvalue weighted by Gasteiger charge is -2.07. The number of rotatable bonds is 4. The Morgan fingerprint density at radius 1 is 1.56 bits per heavy atom. The summed E-state index contributed by atoms with van der Waals surface area (Å²) in [6.45, 7) is 4.58. The highest BCUT2D eigenvalue weighted by Gasteiger charge is 2.08. The molecule has 5 N–H and O–H groups in total. The molecule has 5 heteroatoms. The fourth-order valence-corrected chi connectivity index (χ4v) is 1.16. The summed E-state index contributed by atoms with van der Waals surface area (Å²) in [5.74, 6) is -0.0845. The first-order valence-electron chi connectivity index (χ1n) is 4.93. The predicted molar refractivity (Wildman–Crippen MR) is 65.1 cm³/mol. The third-order valence-electron chi connectivity index (χ3n) is 1.95. The summed E-state index contributed by atoms with van der Waals surface area (Å²) in [6.07, 6.45) is 3.47. The first-order chi connectivity index (χ1) is 7.50. The van der Waals surface area contributed by atoms with Crippen molar-refractivity contribution in [2.45, 2.75) is 13.8 Å². The van der Waals surface area contributed by atoms with Crippen LogP contribution in [0.5, 0.6) is 0 Å². The summed E-state index contributed by atoms with van der Waals surface area (Å²) >= 11 is 0. The number of aromatic nitrogens is 1. The monoisotopic (exact) mass is 220 g/mol. The van der Waals surface area contributed by atoms with Gasteiger partial charge in [0.1, 0.15) is 5.82 Å². The molecular formula is C11H16N4O. The predicted octanol–water partition coefficient (Wildman–Crippen LogP) is 1.14. The number of carbonyl (C=O) groups is 1. The van der Waals surface area contributed by atoms with Crippen molar-refractivity contribution in [2.24, 2.45) is 5.73 Å². The lowest BCUT2D eigenvalue weighted by Crippen LogP contribution is -2.16. The number of amides is 1. The minimum absolute atomic E-state index is 0.308. The van der Waals surface area contributed by atoms with E-state index in [0.29, 0.717) is 23.6 Å². The van der Waals surface area contributed by atoms with Gasteiger partial charge in [-0.05, 0) is 19.9 Å². The topological polar surface area (TPSA) is 94.0 Å². The molecule has 0 radical (unpaired) electrons. The molecule has 0 atom stereocenters. The molecule has 0 fully saturated rings. The number of nitrogen functional groups attached to an aromatic ring is 1. The third-order valence-corrected chi connectivity index (χ3v) is 1.95. The zero-order valence-electron chi connectivity index (χ0n) is 9.45. The number of hydrogen-bond acceptors (Lipinski definition) is 4. The van der Waals surface area contributed by atoms with Crippen LogP contribution in [-0.2, 0) is 0 Å². The molecule has 86 valence electrons. The second kappa shape index (κ2) is 5.16. The maximum Gasteiger partial charge on any atom is 0.252 e. The minimum atomic E-state index is -0.542. The Morgan fingerprint density at radius 2 is 2.25 bits per heavy atom. The van der Waals surface area contributed by atoms with Crippen LogP contribution in [0.15, 0.2) is 23.9 Å². The number of carbonyl (C=O) groups excluding carboxylic acids is 1. The fraction of sp³-hybridized carbons (Fsp3) is 0.273. The molecule has 1 amide bonds. The van der Waals surface area contributed by atoms with Crippen LogP contribution in [-0.4, -0.2) is 17.4 Å². The summed E-state index contributed by atoms with van der Waals surface area (Å²) in [4.78, 5) is 15.2. The van der Waals surface area contributed by atoms with E-state index in [4.69, 9.17) is 11.5 Å². The number of nitrogens with zero attached hydrogens (tertiary/aromatic N) is 1. The Morgan fingerprint density at radius 3 is 2.81 bits per heavy atom. The molecule has 0 aliphatic heterocycles. The molecule has 0 unspecified atom stereocenters. The van der Waals surface area contributed by atoms with E-state index in [1.165, 1.54) is 17.8 Å². The van der Waals surface area contributed by atoms with E-state index in [1.807, 2.05) is 19.9 Å². The highest BCUT2D eigenvalue weighted by atomic mass is 16.1. The van der Waals surface area contributed by atoms with Gasteiger partial charge < -0.3 is 16.8 Å². The molecule has 1 rings (SSSR count). The van der Waals surface area contributed by atoms with Gasteiger partial charge in [-0.25, -0.2) is 4.98 Å². The van der Waals surface area contributed by atoms with Crippen molar-refractivity contribution < 1.29 is 4.79 Å². The second-order valence-electron chi connectivity index (χ2n) is 3.69. The lowest BCUT2D eigenvalue weighted by molar-refractivity contribution is 0.100. The molecule has 1 heterocycles. The normalized spacial score (nSPS) is 9.62. The van der Waals surface area contributed by atoms with Gasteiger partial charge in [-0.15, -0.1) is 0 Å². The van der Waals surface area contributed by atoms with Gasteiger partial charge in [-0.3, -0.25) is 4.79 Å². The molecule has 0 aliphatic rings. The van der Waals surface area contributed by atoms with Crippen LogP contribution in [0.2, 0.25) is 0 Å². The molecule has 16 heavy (non-hydrogen) atoms. The molecular weight excluding hydrogens is 204 g/mol. The van der Waals surface area contributed by atoms with E-state index in [-0.39, 0.29) is 0 Å². The van der Waals surface area contributed by atoms with Crippen molar-refractivity contribution in [3.05, 3.63) is 29.5 Å². The molecule has 0 spiro atoms. The van der Waals surface area contributed by atoms with Gasteiger partial charge in [0.15, 0.2) is 0 Å². The number of allylic oxidation sites excluding steroid dienone is 1. The van der Waals surface area contributed by atoms with Crippen LogP contribution in [0, 0.1) is 0 Å². The van der Waals surface area contributed by atoms with Crippen molar-refractivity contribution in [2.75, 3.05) is 17.6 Å². The summed E-state index contributed by atoms with van der Waals surface area (Å²) in [5, 5.41) is 3.01. The van der Waals surface area contributed by atoms with Gasteiger partial charge in [0.25, 0.3) is 5.91 Å². The van der Waals surface area contributed by atoms with Crippen LogP contribution in [0.3, 0.4) is 0 Å². The number of primary amides is 1. The molecule has 0 bridgehead atoms. The Labute approximate surface area is 94.5 Å². The molecule has 0 aromatic carbocycles. The van der Waals surface area contributed by atoms with Crippen LogP contribution < -0.4 is 16.8 Å². The third kappa shape index (κ3) is 3.27. The zero-order valence-corrected chi connectivity index (χ0v) is 9.45. The number of hydrogen-bond donors (Lipinski definition) is 3. The summed E-state index contributed by atoms with van der Waals surface area (Å²) in [7, 11) is 0. The van der Waals surface area contributed by atoms with Gasteiger partial charge in [-0.1, -0.05) is 11.6 Å². The van der Waals surface area contributed by atoms with Crippen molar-refractivity contribution in [1.82, 2.24) is 4.98 Å². The van der Waals surface area contributed by atoms with E-state index in [1.54, 1.807) is 0 Å². The van der Waals surface area contributed by atoms with E-state index >= 15 is 0 Å². The largest absolute Gasteiger partial charge is 0.397 e. The molecule has 0 saturated heterocycles. The number of nitrogens with two attached hydrogens (primary N) is 2. The van der Waals surface area contributed by atoms with E-state index in [2.05, 4.69) is 10.3 Å². The quantitative estimate of drug-likeness (QED) is 0.663. The smallest absolute Gasteiger partial charge is 0.252 e. The SMILES string of the molecule is CC(C)=CCNc1ncc(N)cc1C(N)=O. The first-order valence-corrected chi connectivity index (χ1v) is 4.93. The minimum Gasteiger partial charge on any atom is -0.397 e.